The largest absolute Gasteiger partial charge is 0.465 e. The number of aromatic nitrogens is 4. The van der Waals surface area contributed by atoms with Crippen LogP contribution in [0.4, 0.5) is 9.59 Å². The number of imidazole rings is 2. The second kappa shape index (κ2) is 13.3. The van der Waals surface area contributed by atoms with Gasteiger partial charge in [-0.25, -0.2) is 19.6 Å². The summed E-state index contributed by atoms with van der Waals surface area (Å²) in [6, 6.07) is 20.7. The monoisotopic (exact) mass is 626 g/mol. The van der Waals surface area contributed by atoms with E-state index in [1.807, 2.05) is 66.7 Å². The molecule has 10 nitrogen and oxygen atoms in total. The van der Waals surface area contributed by atoms with Crippen LogP contribution in [0.1, 0.15) is 78.9 Å². The van der Waals surface area contributed by atoms with Gasteiger partial charge in [-0.05, 0) is 92.3 Å². The van der Waals surface area contributed by atoms with Gasteiger partial charge in [-0.1, -0.05) is 42.2 Å². The summed E-state index contributed by atoms with van der Waals surface area (Å²) in [5.74, 6) is 13.5. The first kappa shape index (κ1) is 29.9. The molecule has 2 aromatic heterocycles. The highest BCUT2D eigenvalue weighted by Gasteiger charge is 2.32. The van der Waals surface area contributed by atoms with Gasteiger partial charge in [0, 0.05) is 24.2 Å². The molecule has 3 N–H and O–H groups in total. The Hall–Kier alpha value is -5.74. The summed E-state index contributed by atoms with van der Waals surface area (Å²) >= 11 is 0. The van der Waals surface area contributed by atoms with Gasteiger partial charge >= 0.3 is 12.2 Å². The number of piperidine rings is 2. The number of carbonyl (C=O) groups excluding carboxylic acids is 1. The second-order valence-electron chi connectivity index (χ2n) is 11.9. The summed E-state index contributed by atoms with van der Waals surface area (Å²) in [6.45, 7) is 1.38. The number of nitrogens with zero attached hydrogens (tertiary/aromatic N) is 4. The third kappa shape index (κ3) is 6.63. The van der Waals surface area contributed by atoms with Gasteiger partial charge in [0.2, 0.25) is 0 Å². The molecule has 2 aliphatic rings. The van der Waals surface area contributed by atoms with E-state index in [0.717, 1.165) is 83.1 Å². The molecule has 0 radical (unpaired) electrons. The van der Waals surface area contributed by atoms with Crippen molar-refractivity contribution in [2.24, 2.45) is 0 Å². The third-order valence-corrected chi connectivity index (χ3v) is 8.80. The van der Waals surface area contributed by atoms with Crippen molar-refractivity contribution in [3.63, 3.8) is 0 Å². The zero-order valence-electron chi connectivity index (χ0n) is 25.8. The number of aromatic amines is 2. The van der Waals surface area contributed by atoms with Gasteiger partial charge in [0.1, 0.15) is 18.3 Å². The molecular formula is C37H34N6O4. The molecule has 4 heterocycles. The fourth-order valence-electron chi connectivity index (χ4n) is 6.41. The molecule has 2 aliphatic heterocycles. The van der Waals surface area contributed by atoms with Gasteiger partial charge in [-0.2, -0.15) is 0 Å². The number of fused-ring (bicyclic) bond motifs is 2. The van der Waals surface area contributed by atoms with E-state index < -0.39 is 6.09 Å². The summed E-state index contributed by atoms with van der Waals surface area (Å²) in [6.07, 6.45) is 4.11. The van der Waals surface area contributed by atoms with Crippen LogP contribution in [0.15, 0.2) is 66.7 Å². The summed E-state index contributed by atoms with van der Waals surface area (Å²) < 4.78 is 5.65. The van der Waals surface area contributed by atoms with Crippen molar-refractivity contribution >= 4 is 34.3 Å². The maximum atomic E-state index is 13.0. The molecule has 2 unspecified atom stereocenters. The van der Waals surface area contributed by atoms with Gasteiger partial charge in [-0.3, -0.25) is 9.80 Å². The minimum Gasteiger partial charge on any atom is -0.465 e. The van der Waals surface area contributed by atoms with Crippen LogP contribution in [0.2, 0.25) is 0 Å². The summed E-state index contributed by atoms with van der Waals surface area (Å²) in [5.41, 5.74) is 5.77. The van der Waals surface area contributed by atoms with Gasteiger partial charge in [0.25, 0.3) is 0 Å². The highest BCUT2D eigenvalue weighted by Crippen LogP contribution is 2.32. The van der Waals surface area contributed by atoms with E-state index in [1.165, 1.54) is 4.90 Å². The molecule has 7 rings (SSSR count). The fourth-order valence-corrected chi connectivity index (χ4v) is 6.41. The number of likely N-dealkylation sites (tertiary alicyclic amines) is 2. The lowest BCUT2D eigenvalue weighted by Gasteiger charge is -2.33. The van der Waals surface area contributed by atoms with E-state index in [0.29, 0.717) is 18.9 Å². The normalized spacial score (nSPS) is 17.9. The topological polar surface area (TPSA) is 127 Å². The Balaban J connectivity index is 1.03. The smallest absolute Gasteiger partial charge is 0.410 e. The van der Waals surface area contributed by atoms with E-state index in [-0.39, 0.29) is 24.8 Å². The number of carbonyl (C=O) groups is 2. The Morgan fingerprint density at radius 3 is 1.89 bits per heavy atom. The Kier molecular flexibility index (Phi) is 8.48. The first-order valence-corrected chi connectivity index (χ1v) is 16.0. The highest BCUT2D eigenvalue weighted by molar-refractivity contribution is 5.78. The third-order valence-electron chi connectivity index (χ3n) is 8.80. The van der Waals surface area contributed by atoms with Crippen molar-refractivity contribution in [1.82, 2.24) is 29.7 Å². The number of rotatable bonds is 4. The van der Waals surface area contributed by atoms with Gasteiger partial charge < -0.3 is 19.8 Å². The number of carboxylic acid groups (broad SMARTS) is 1. The van der Waals surface area contributed by atoms with Crippen LogP contribution in [-0.4, -0.2) is 60.1 Å². The maximum absolute atomic E-state index is 13.0. The highest BCUT2D eigenvalue weighted by atomic mass is 16.6. The van der Waals surface area contributed by atoms with Crippen molar-refractivity contribution < 1.29 is 19.4 Å². The molecule has 0 bridgehead atoms. The number of hydrogen-bond donors (Lipinski definition) is 3. The van der Waals surface area contributed by atoms with Crippen LogP contribution in [0, 0.1) is 23.7 Å². The molecule has 2 fully saturated rings. The average Bonchev–Trinajstić information content (AvgIpc) is 3.73. The van der Waals surface area contributed by atoms with E-state index in [2.05, 4.69) is 33.6 Å². The van der Waals surface area contributed by atoms with Crippen molar-refractivity contribution in [2.75, 3.05) is 13.1 Å². The predicted molar refractivity (Wildman–Crippen MR) is 177 cm³/mol. The lowest BCUT2D eigenvalue weighted by molar-refractivity contribution is 0.0661. The first-order chi connectivity index (χ1) is 23.0. The molecule has 3 aromatic carbocycles. The predicted octanol–water partition coefficient (Wildman–Crippen LogP) is 6.91. The van der Waals surface area contributed by atoms with Gasteiger partial charge in [-0.15, -0.1) is 0 Å². The van der Waals surface area contributed by atoms with Gasteiger partial charge in [0.15, 0.2) is 0 Å². The molecular weight excluding hydrogens is 592 g/mol. The fraction of sp³-hybridized carbons (Fsp3) is 0.297. The summed E-state index contributed by atoms with van der Waals surface area (Å²) in [5, 5.41) is 9.60. The lowest BCUT2D eigenvalue weighted by Crippen LogP contribution is -2.39. The zero-order chi connectivity index (χ0) is 32.2. The summed E-state index contributed by atoms with van der Waals surface area (Å²) in [7, 11) is 0. The molecule has 0 saturated carbocycles. The standard InChI is InChI=1S/C37H34N6O4/c44-36(45)42-20-8-6-14-32(42)34-38-28-18-16-25(22-30(28)40-34)10-4-5-11-26-17-19-29-31(23-26)41-35(39-29)33-15-7-9-21-43(33)37(46)47-24-27-12-2-1-3-13-27/h1-3,12-13,16-19,22-23,32-33H,6-9,14-15,20-21,24H2,(H,38,40)(H,39,41)(H,44,45). The number of H-pyrrole nitrogens is 2. The molecule has 0 spiro atoms. The van der Waals surface area contributed by atoms with Crippen LogP contribution in [0.5, 0.6) is 0 Å². The van der Waals surface area contributed by atoms with Crippen molar-refractivity contribution in [3.05, 3.63) is 95.1 Å². The van der Waals surface area contributed by atoms with E-state index >= 15 is 0 Å². The molecule has 5 aromatic rings. The van der Waals surface area contributed by atoms with E-state index in [9.17, 15) is 14.7 Å². The van der Waals surface area contributed by atoms with Crippen LogP contribution < -0.4 is 0 Å². The molecule has 2 saturated heterocycles. The Labute approximate surface area is 272 Å². The van der Waals surface area contributed by atoms with E-state index in [1.54, 1.807) is 4.90 Å². The lowest BCUT2D eigenvalue weighted by atomic mass is 10.0. The Morgan fingerprint density at radius 1 is 0.766 bits per heavy atom. The molecule has 10 heteroatoms. The zero-order valence-corrected chi connectivity index (χ0v) is 25.8. The minimum absolute atomic E-state index is 0.179. The van der Waals surface area contributed by atoms with E-state index in [4.69, 9.17) is 14.7 Å². The maximum Gasteiger partial charge on any atom is 0.410 e. The molecule has 0 aliphatic carbocycles. The quantitative estimate of drug-likeness (QED) is 0.186. The number of nitrogens with one attached hydrogen (secondary N) is 2. The minimum atomic E-state index is -0.917. The molecule has 236 valence electrons. The number of amides is 2. The Bertz CT molecular complexity index is 2060. The average molecular weight is 627 g/mol. The Morgan fingerprint density at radius 2 is 1.32 bits per heavy atom. The molecule has 47 heavy (non-hydrogen) atoms. The second-order valence-corrected chi connectivity index (χ2v) is 11.9. The van der Waals surface area contributed by atoms with Gasteiger partial charge in [0.05, 0.1) is 34.2 Å². The van der Waals surface area contributed by atoms with Crippen molar-refractivity contribution in [1.29, 1.82) is 0 Å². The number of benzene rings is 3. The van der Waals surface area contributed by atoms with Crippen LogP contribution in [0.25, 0.3) is 22.1 Å². The molecule has 2 atom stereocenters. The SMILES string of the molecule is O=C(O)N1CCCCC1c1nc2cc(C#CC#Cc3ccc4[nH]c(C5CCCCN5C(=O)OCc5ccccc5)nc4c3)ccc2[nH]1. The van der Waals surface area contributed by atoms with Crippen LogP contribution in [0.3, 0.4) is 0 Å². The van der Waals surface area contributed by atoms with Crippen molar-refractivity contribution in [2.45, 2.75) is 57.2 Å². The van der Waals surface area contributed by atoms with Crippen molar-refractivity contribution in [3.8, 4) is 23.7 Å². The van der Waals surface area contributed by atoms with Crippen LogP contribution >= 0.6 is 0 Å². The summed E-state index contributed by atoms with van der Waals surface area (Å²) in [4.78, 5) is 44.3. The molecule has 2 amide bonds. The first-order valence-electron chi connectivity index (χ1n) is 16.0. The number of hydrogen-bond acceptors (Lipinski definition) is 5. The van der Waals surface area contributed by atoms with Crippen LogP contribution in [-0.2, 0) is 11.3 Å². The number of ether oxygens (including phenoxy) is 1.